The maximum atomic E-state index is 13.9. The van der Waals surface area contributed by atoms with Gasteiger partial charge in [-0.05, 0) is 35.9 Å². The van der Waals surface area contributed by atoms with Crippen molar-refractivity contribution in [1.82, 2.24) is 10.2 Å². The maximum Gasteiger partial charge on any atom is 0.416 e. The molecule has 2 nitrogen and oxygen atoms in total. The lowest BCUT2D eigenvalue weighted by Gasteiger charge is -2.35. The summed E-state index contributed by atoms with van der Waals surface area (Å²) in [5.74, 6) is -0.886. The van der Waals surface area contributed by atoms with Crippen LogP contribution in [0.5, 0.6) is 0 Å². The molecule has 24 heavy (non-hydrogen) atoms. The van der Waals surface area contributed by atoms with E-state index in [9.17, 15) is 17.6 Å². The second-order valence-electron chi connectivity index (χ2n) is 5.60. The Bertz CT molecular complexity index is 710. The van der Waals surface area contributed by atoms with Crippen LogP contribution in [0, 0.1) is 5.82 Å². The molecule has 1 aromatic carbocycles. The monoisotopic (exact) mass is 378 g/mol. The van der Waals surface area contributed by atoms with Crippen molar-refractivity contribution in [3.05, 3.63) is 56.5 Å². The summed E-state index contributed by atoms with van der Waals surface area (Å²) in [6.45, 7) is 2.80. The zero-order chi connectivity index (χ0) is 17.3. The number of hydrogen-bond donors (Lipinski definition) is 1. The lowest BCUT2D eigenvalue weighted by atomic mass is 10.00. The normalized spacial score (nSPS) is 17.9. The van der Waals surface area contributed by atoms with Crippen LogP contribution in [0.1, 0.15) is 22.0 Å². The molecule has 8 heteroatoms. The summed E-state index contributed by atoms with van der Waals surface area (Å²) >= 11 is 7.30. The van der Waals surface area contributed by atoms with E-state index in [2.05, 4.69) is 5.32 Å². The molecule has 0 aliphatic carbocycles. The summed E-state index contributed by atoms with van der Waals surface area (Å²) in [5, 5.41) is 3.21. The van der Waals surface area contributed by atoms with Crippen molar-refractivity contribution < 1.29 is 17.6 Å². The minimum Gasteiger partial charge on any atom is -0.314 e. The molecule has 3 rings (SSSR count). The van der Waals surface area contributed by atoms with Crippen LogP contribution in [-0.4, -0.2) is 31.1 Å². The van der Waals surface area contributed by atoms with Crippen LogP contribution in [0.15, 0.2) is 30.3 Å². The largest absolute Gasteiger partial charge is 0.416 e. The number of nitrogens with one attached hydrogen (secondary N) is 1. The van der Waals surface area contributed by atoms with Crippen molar-refractivity contribution in [2.45, 2.75) is 12.2 Å². The van der Waals surface area contributed by atoms with E-state index in [-0.39, 0.29) is 0 Å². The van der Waals surface area contributed by atoms with Crippen molar-refractivity contribution in [3.8, 4) is 0 Å². The summed E-state index contributed by atoms with van der Waals surface area (Å²) in [6, 6.07) is 5.79. The number of nitrogens with zero attached hydrogens (tertiary/aromatic N) is 1. The number of benzene rings is 1. The van der Waals surface area contributed by atoms with Gasteiger partial charge in [0.25, 0.3) is 0 Å². The predicted octanol–water partition coefficient (Wildman–Crippen LogP) is 4.55. The van der Waals surface area contributed by atoms with Gasteiger partial charge in [-0.15, -0.1) is 11.3 Å². The van der Waals surface area contributed by atoms with Crippen LogP contribution in [-0.2, 0) is 6.18 Å². The summed E-state index contributed by atoms with van der Waals surface area (Å²) < 4.78 is 53.6. The molecule has 1 aromatic heterocycles. The average molecular weight is 379 g/mol. The van der Waals surface area contributed by atoms with Crippen LogP contribution in [0.2, 0.25) is 4.34 Å². The number of rotatable bonds is 3. The van der Waals surface area contributed by atoms with Crippen molar-refractivity contribution in [2.75, 3.05) is 26.2 Å². The molecule has 0 amide bonds. The van der Waals surface area contributed by atoms with Gasteiger partial charge in [0.05, 0.1) is 15.9 Å². The fourth-order valence-corrected chi connectivity index (χ4v) is 4.13. The minimum absolute atomic E-state index is 0.294. The quantitative estimate of drug-likeness (QED) is 0.788. The van der Waals surface area contributed by atoms with Gasteiger partial charge in [-0.1, -0.05) is 11.6 Å². The van der Waals surface area contributed by atoms with E-state index in [1.54, 1.807) is 12.1 Å². The molecule has 0 spiro atoms. The zero-order valence-corrected chi connectivity index (χ0v) is 14.1. The third kappa shape index (κ3) is 3.91. The minimum atomic E-state index is -4.59. The number of hydrogen-bond acceptors (Lipinski definition) is 3. The van der Waals surface area contributed by atoms with Crippen LogP contribution in [0.3, 0.4) is 0 Å². The second kappa shape index (κ2) is 7.00. The van der Waals surface area contributed by atoms with Crippen molar-refractivity contribution in [3.63, 3.8) is 0 Å². The smallest absolute Gasteiger partial charge is 0.314 e. The summed E-state index contributed by atoms with van der Waals surface area (Å²) in [5.41, 5.74) is -0.678. The highest BCUT2D eigenvalue weighted by Crippen LogP contribution is 2.38. The van der Waals surface area contributed by atoms with Crippen molar-refractivity contribution >= 4 is 22.9 Å². The van der Waals surface area contributed by atoms with Gasteiger partial charge in [-0.3, -0.25) is 4.90 Å². The molecule has 0 unspecified atom stereocenters. The Kier molecular flexibility index (Phi) is 5.15. The Balaban J connectivity index is 2.06. The van der Waals surface area contributed by atoms with Gasteiger partial charge >= 0.3 is 6.18 Å². The molecule has 0 bridgehead atoms. The van der Waals surface area contributed by atoms with E-state index in [0.717, 1.165) is 24.0 Å². The number of halogens is 5. The Morgan fingerprint density at radius 1 is 1.12 bits per heavy atom. The Labute approximate surface area is 146 Å². The van der Waals surface area contributed by atoms with Crippen LogP contribution < -0.4 is 5.32 Å². The zero-order valence-electron chi connectivity index (χ0n) is 12.5. The number of thiophene rings is 1. The summed E-state index contributed by atoms with van der Waals surface area (Å²) in [7, 11) is 0. The predicted molar refractivity (Wildman–Crippen MR) is 87.0 cm³/mol. The lowest BCUT2D eigenvalue weighted by Crippen LogP contribution is -2.45. The second-order valence-corrected chi connectivity index (χ2v) is 7.35. The van der Waals surface area contributed by atoms with E-state index < -0.39 is 23.6 Å². The first-order valence-corrected chi connectivity index (χ1v) is 8.62. The van der Waals surface area contributed by atoms with E-state index >= 15 is 0 Å². The van der Waals surface area contributed by atoms with E-state index in [4.69, 9.17) is 11.6 Å². The molecule has 0 saturated carbocycles. The molecule has 1 saturated heterocycles. The third-order valence-corrected chi connectivity index (χ3v) is 5.23. The van der Waals surface area contributed by atoms with Crippen LogP contribution in [0.4, 0.5) is 17.6 Å². The Hall–Kier alpha value is -1.15. The van der Waals surface area contributed by atoms with Gasteiger partial charge in [0.1, 0.15) is 5.82 Å². The first-order chi connectivity index (χ1) is 11.3. The Morgan fingerprint density at radius 2 is 1.83 bits per heavy atom. The van der Waals surface area contributed by atoms with Gasteiger partial charge < -0.3 is 5.32 Å². The van der Waals surface area contributed by atoms with Crippen molar-refractivity contribution in [2.24, 2.45) is 0 Å². The molecule has 0 radical (unpaired) electrons. The molecule has 2 aromatic rings. The first kappa shape index (κ1) is 17.7. The third-order valence-electron chi connectivity index (χ3n) is 3.94. The first-order valence-electron chi connectivity index (χ1n) is 7.42. The number of alkyl halides is 3. The molecule has 130 valence electrons. The fraction of sp³-hybridized carbons (Fsp3) is 0.375. The van der Waals surface area contributed by atoms with Crippen LogP contribution >= 0.6 is 22.9 Å². The molecule has 1 aliphatic rings. The highest BCUT2D eigenvalue weighted by molar-refractivity contribution is 7.16. The molecule has 1 aliphatic heterocycles. The van der Waals surface area contributed by atoms with Gasteiger partial charge in [0.15, 0.2) is 0 Å². The topological polar surface area (TPSA) is 15.3 Å². The van der Waals surface area contributed by atoms with E-state index in [1.807, 2.05) is 4.90 Å². The van der Waals surface area contributed by atoms with Gasteiger partial charge in [-0.2, -0.15) is 13.2 Å². The van der Waals surface area contributed by atoms with E-state index in [0.29, 0.717) is 29.1 Å². The standard InChI is InChI=1S/C16H15ClF4N2S/c17-14-2-1-13(24-14)15(23-5-3-22-4-6-23)10-7-11(16(19,20)21)9-12(18)8-10/h1-2,7-9,15,22H,3-6H2/t15-/m1/s1. The molecular weight excluding hydrogens is 364 g/mol. The molecule has 1 atom stereocenters. The highest BCUT2D eigenvalue weighted by atomic mass is 35.5. The van der Waals surface area contributed by atoms with Gasteiger partial charge in [-0.25, -0.2) is 4.39 Å². The SMILES string of the molecule is Fc1cc([C@H](c2ccc(Cl)s2)N2CCNCC2)cc(C(F)(F)F)c1. The molecule has 1 N–H and O–H groups in total. The molecule has 1 fully saturated rings. The average Bonchev–Trinajstić information content (AvgIpc) is 2.93. The maximum absolute atomic E-state index is 13.9. The summed E-state index contributed by atoms with van der Waals surface area (Å²) in [6.07, 6.45) is -4.59. The molecular formula is C16H15ClF4N2S. The van der Waals surface area contributed by atoms with Gasteiger partial charge in [0, 0.05) is 31.1 Å². The highest BCUT2D eigenvalue weighted by Gasteiger charge is 2.33. The van der Waals surface area contributed by atoms with E-state index in [1.165, 1.54) is 17.4 Å². The number of piperazine rings is 1. The molecule has 2 heterocycles. The van der Waals surface area contributed by atoms with Crippen molar-refractivity contribution in [1.29, 1.82) is 0 Å². The fourth-order valence-electron chi connectivity index (χ4n) is 2.90. The lowest BCUT2D eigenvalue weighted by molar-refractivity contribution is -0.137. The van der Waals surface area contributed by atoms with Gasteiger partial charge in [0.2, 0.25) is 0 Å². The van der Waals surface area contributed by atoms with Crippen LogP contribution in [0.25, 0.3) is 0 Å². The Morgan fingerprint density at radius 3 is 2.42 bits per heavy atom. The summed E-state index contributed by atoms with van der Waals surface area (Å²) in [4.78, 5) is 2.86.